The maximum atomic E-state index is 13.8. The third kappa shape index (κ3) is 7.47. The number of amides is 2. The van der Waals surface area contributed by atoms with Gasteiger partial charge in [-0.2, -0.15) is 0 Å². The summed E-state index contributed by atoms with van der Waals surface area (Å²) in [5, 5.41) is 6.22. The van der Waals surface area contributed by atoms with Gasteiger partial charge in [-0.25, -0.2) is 0 Å². The van der Waals surface area contributed by atoms with Gasteiger partial charge in [0, 0.05) is 31.0 Å². The summed E-state index contributed by atoms with van der Waals surface area (Å²) in [5.74, 6) is 0.271. The molecule has 0 saturated carbocycles. The molecule has 1 aliphatic rings. The van der Waals surface area contributed by atoms with Crippen LogP contribution in [0.3, 0.4) is 0 Å². The fourth-order valence-corrected chi connectivity index (χ4v) is 5.79. The molecule has 1 aliphatic heterocycles. The fraction of sp³-hybridized carbons (Fsp3) is 0.297. The summed E-state index contributed by atoms with van der Waals surface area (Å²) in [6.07, 6.45) is 3.25. The number of anilines is 2. The third-order valence-electron chi connectivity index (χ3n) is 8.03. The van der Waals surface area contributed by atoms with Crippen LogP contribution in [0.5, 0.6) is 0 Å². The minimum absolute atomic E-state index is 0.108. The van der Waals surface area contributed by atoms with Crippen molar-refractivity contribution in [3.8, 4) is 0 Å². The topological polar surface area (TPSA) is 61.4 Å². The van der Waals surface area contributed by atoms with E-state index in [1.807, 2.05) is 78.9 Å². The van der Waals surface area contributed by atoms with E-state index < -0.39 is 5.92 Å². The zero-order valence-electron chi connectivity index (χ0n) is 24.6. The van der Waals surface area contributed by atoms with Gasteiger partial charge in [-0.05, 0) is 66.0 Å². The second-order valence-electron chi connectivity index (χ2n) is 11.7. The van der Waals surface area contributed by atoms with Crippen molar-refractivity contribution < 1.29 is 9.59 Å². The van der Waals surface area contributed by atoms with Crippen molar-refractivity contribution in [3.05, 3.63) is 131 Å². The van der Waals surface area contributed by atoms with Crippen molar-refractivity contribution >= 4 is 23.2 Å². The number of hydrogen-bond donors (Lipinski definition) is 2. The molecule has 1 saturated heterocycles. The van der Waals surface area contributed by atoms with E-state index in [1.165, 1.54) is 5.56 Å². The lowest BCUT2D eigenvalue weighted by Crippen LogP contribution is -2.36. The normalized spacial score (nSPS) is 13.8. The van der Waals surface area contributed by atoms with Crippen LogP contribution in [0.1, 0.15) is 59.7 Å². The number of nitrogens with one attached hydrogen (secondary N) is 2. The van der Waals surface area contributed by atoms with E-state index in [0.717, 1.165) is 49.2 Å². The molecule has 42 heavy (non-hydrogen) atoms. The van der Waals surface area contributed by atoms with Gasteiger partial charge in [0.2, 0.25) is 5.91 Å². The maximum Gasteiger partial charge on any atom is 0.253 e. The summed E-state index contributed by atoms with van der Waals surface area (Å²) in [6, 6.07) is 36.1. The van der Waals surface area contributed by atoms with Crippen molar-refractivity contribution in [2.24, 2.45) is 11.8 Å². The molecule has 0 bridgehead atoms. The largest absolute Gasteiger partial charge is 0.371 e. The van der Waals surface area contributed by atoms with Gasteiger partial charge in [-0.3, -0.25) is 9.59 Å². The molecule has 4 aromatic rings. The van der Waals surface area contributed by atoms with Crippen molar-refractivity contribution in [1.82, 2.24) is 5.32 Å². The molecule has 216 valence electrons. The Morgan fingerprint density at radius 1 is 0.786 bits per heavy atom. The van der Waals surface area contributed by atoms with Crippen LogP contribution in [-0.2, 0) is 11.2 Å². The van der Waals surface area contributed by atoms with Gasteiger partial charge < -0.3 is 15.5 Å². The number of piperidine rings is 1. The van der Waals surface area contributed by atoms with Crippen molar-refractivity contribution in [1.29, 1.82) is 0 Å². The molecule has 5 heteroatoms. The van der Waals surface area contributed by atoms with Gasteiger partial charge in [0.05, 0.1) is 11.5 Å². The zero-order chi connectivity index (χ0) is 29.3. The molecule has 0 atom stereocenters. The number of carbonyl (C=O) groups is 2. The zero-order valence-corrected chi connectivity index (χ0v) is 24.6. The lowest BCUT2D eigenvalue weighted by atomic mass is 9.89. The fourth-order valence-electron chi connectivity index (χ4n) is 5.79. The quantitative estimate of drug-likeness (QED) is 0.214. The van der Waals surface area contributed by atoms with Crippen LogP contribution in [0.4, 0.5) is 11.4 Å². The van der Waals surface area contributed by atoms with Crippen LogP contribution in [0.2, 0.25) is 0 Å². The highest BCUT2D eigenvalue weighted by molar-refractivity contribution is 6.03. The lowest BCUT2D eigenvalue weighted by Gasteiger charge is -2.35. The number of rotatable bonds is 10. The highest BCUT2D eigenvalue weighted by atomic mass is 16.2. The summed E-state index contributed by atoms with van der Waals surface area (Å²) in [4.78, 5) is 29.6. The average molecular weight is 560 g/mol. The van der Waals surface area contributed by atoms with Crippen LogP contribution in [-0.4, -0.2) is 31.4 Å². The Kier molecular flexibility index (Phi) is 9.70. The molecule has 0 aliphatic carbocycles. The molecule has 0 aromatic heterocycles. The first kappa shape index (κ1) is 29.1. The van der Waals surface area contributed by atoms with Gasteiger partial charge in [0.25, 0.3) is 5.91 Å². The standard InChI is InChI=1S/C37H41N3O2/c1-27(2)26-38-36(41)33-25-32(39-37(42)35(30-14-8-4-9-15-30)31-16-10-5-11-17-31)18-19-34(33)40-22-20-29(21-23-40)24-28-12-6-3-7-13-28/h3-19,25,27,29,35H,20-24,26H2,1-2H3,(H,38,41)(H,39,42). The second kappa shape index (κ2) is 14.0. The molecule has 0 radical (unpaired) electrons. The molecule has 0 unspecified atom stereocenters. The van der Waals surface area contributed by atoms with E-state index in [4.69, 9.17) is 0 Å². The first-order valence-corrected chi connectivity index (χ1v) is 15.1. The predicted molar refractivity (Wildman–Crippen MR) is 172 cm³/mol. The Morgan fingerprint density at radius 2 is 1.36 bits per heavy atom. The van der Waals surface area contributed by atoms with E-state index in [-0.39, 0.29) is 11.8 Å². The third-order valence-corrected chi connectivity index (χ3v) is 8.03. The first-order chi connectivity index (χ1) is 20.5. The predicted octanol–water partition coefficient (Wildman–Crippen LogP) is 7.30. The van der Waals surface area contributed by atoms with E-state index in [0.29, 0.717) is 29.6 Å². The van der Waals surface area contributed by atoms with E-state index in [2.05, 4.69) is 59.7 Å². The van der Waals surface area contributed by atoms with Crippen LogP contribution < -0.4 is 15.5 Å². The van der Waals surface area contributed by atoms with Crippen LogP contribution in [0, 0.1) is 11.8 Å². The lowest BCUT2D eigenvalue weighted by molar-refractivity contribution is -0.116. The summed E-state index contributed by atoms with van der Waals surface area (Å²) < 4.78 is 0. The number of hydrogen-bond acceptors (Lipinski definition) is 3. The smallest absolute Gasteiger partial charge is 0.253 e. The molecular formula is C37H41N3O2. The highest BCUT2D eigenvalue weighted by Crippen LogP contribution is 2.32. The van der Waals surface area contributed by atoms with Gasteiger partial charge in [-0.1, -0.05) is 105 Å². The van der Waals surface area contributed by atoms with Gasteiger partial charge >= 0.3 is 0 Å². The maximum absolute atomic E-state index is 13.8. The minimum atomic E-state index is -0.464. The number of benzene rings is 4. The summed E-state index contributed by atoms with van der Waals surface area (Å²) in [5.41, 5.74) is 5.38. The number of carbonyl (C=O) groups excluding carboxylic acids is 2. The molecule has 2 N–H and O–H groups in total. The Bertz CT molecular complexity index is 1410. The summed E-state index contributed by atoms with van der Waals surface area (Å²) in [6.45, 7) is 6.57. The number of nitrogens with zero attached hydrogens (tertiary/aromatic N) is 1. The van der Waals surface area contributed by atoms with Crippen molar-refractivity contribution in [2.75, 3.05) is 29.9 Å². The second-order valence-corrected chi connectivity index (χ2v) is 11.7. The van der Waals surface area contributed by atoms with E-state index >= 15 is 0 Å². The summed E-state index contributed by atoms with van der Waals surface area (Å²) in [7, 11) is 0. The average Bonchev–Trinajstić information content (AvgIpc) is 3.02. The van der Waals surface area contributed by atoms with Crippen LogP contribution in [0.15, 0.2) is 109 Å². The molecular weight excluding hydrogens is 518 g/mol. The Balaban J connectivity index is 1.36. The highest BCUT2D eigenvalue weighted by Gasteiger charge is 2.26. The summed E-state index contributed by atoms with van der Waals surface area (Å²) >= 11 is 0. The minimum Gasteiger partial charge on any atom is -0.371 e. The van der Waals surface area contributed by atoms with Gasteiger partial charge in [-0.15, -0.1) is 0 Å². The molecule has 1 heterocycles. The molecule has 5 nitrogen and oxygen atoms in total. The van der Waals surface area contributed by atoms with Crippen molar-refractivity contribution in [2.45, 2.75) is 39.0 Å². The monoisotopic (exact) mass is 559 g/mol. The molecule has 4 aromatic carbocycles. The molecule has 1 fully saturated rings. The Hall–Kier alpha value is -4.38. The molecule has 0 spiro atoms. The Labute approximate surface area is 250 Å². The van der Waals surface area contributed by atoms with Gasteiger partial charge in [0.1, 0.15) is 0 Å². The SMILES string of the molecule is CC(C)CNC(=O)c1cc(NC(=O)C(c2ccccc2)c2ccccc2)ccc1N1CCC(Cc2ccccc2)CC1. The van der Waals surface area contributed by atoms with Crippen LogP contribution >= 0.6 is 0 Å². The van der Waals surface area contributed by atoms with Crippen LogP contribution in [0.25, 0.3) is 0 Å². The van der Waals surface area contributed by atoms with E-state index in [9.17, 15) is 9.59 Å². The van der Waals surface area contributed by atoms with Gasteiger partial charge in [0.15, 0.2) is 0 Å². The Morgan fingerprint density at radius 3 is 1.93 bits per heavy atom. The molecule has 2 amide bonds. The van der Waals surface area contributed by atoms with Crippen molar-refractivity contribution in [3.63, 3.8) is 0 Å². The van der Waals surface area contributed by atoms with E-state index in [1.54, 1.807) is 0 Å². The first-order valence-electron chi connectivity index (χ1n) is 15.1. The molecule has 5 rings (SSSR count).